The number of anilines is 1. The van der Waals surface area contributed by atoms with Gasteiger partial charge in [0.2, 0.25) is 5.82 Å². The van der Waals surface area contributed by atoms with E-state index < -0.39 is 0 Å². The van der Waals surface area contributed by atoms with Crippen LogP contribution in [0.15, 0.2) is 47.2 Å². The van der Waals surface area contributed by atoms with E-state index in [9.17, 15) is 0 Å². The number of nitrogen functional groups attached to an aromatic ring is 1. The van der Waals surface area contributed by atoms with Gasteiger partial charge in [-0.3, -0.25) is 4.98 Å². The first kappa shape index (κ1) is 11.7. The standard InChI is InChI=1S/C13H9ClN4O/c14-10-5-9(6-11(15)7-10)13-17-12(18-19-13)8-1-3-16-4-2-8/h1-7H,15H2. The quantitative estimate of drug-likeness (QED) is 0.726. The van der Waals surface area contributed by atoms with Crippen molar-refractivity contribution in [2.45, 2.75) is 0 Å². The number of nitrogens with two attached hydrogens (primary N) is 1. The number of hydrogen-bond donors (Lipinski definition) is 1. The van der Waals surface area contributed by atoms with Crippen LogP contribution >= 0.6 is 11.6 Å². The number of pyridine rings is 1. The third kappa shape index (κ3) is 2.41. The van der Waals surface area contributed by atoms with Gasteiger partial charge in [-0.2, -0.15) is 4.98 Å². The molecule has 0 unspecified atom stereocenters. The van der Waals surface area contributed by atoms with Crippen molar-refractivity contribution in [2.24, 2.45) is 0 Å². The van der Waals surface area contributed by atoms with Gasteiger partial charge in [0.15, 0.2) is 0 Å². The van der Waals surface area contributed by atoms with Gasteiger partial charge in [0.25, 0.3) is 5.89 Å². The molecule has 0 amide bonds. The predicted molar refractivity (Wildman–Crippen MR) is 72.4 cm³/mol. The Morgan fingerprint density at radius 1 is 1.05 bits per heavy atom. The van der Waals surface area contributed by atoms with Gasteiger partial charge in [-0.25, -0.2) is 0 Å². The summed E-state index contributed by atoms with van der Waals surface area (Å²) in [7, 11) is 0. The highest BCUT2D eigenvalue weighted by Gasteiger charge is 2.11. The van der Waals surface area contributed by atoms with Crippen LogP contribution in [-0.4, -0.2) is 15.1 Å². The maximum absolute atomic E-state index is 5.95. The van der Waals surface area contributed by atoms with E-state index in [0.29, 0.717) is 28.0 Å². The van der Waals surface area contributed by atoms with Crippen molar-refractivity contribution in [3.05, 3.63) is 47.7 Å². The molecule has 94 valence electrons. The summed E-state index contributed by atoms with van der Waals surface area (Å²) in [5.41, 5.74) is 7.81. The molecule has 1 aromatic carbocycles. The molecule has 0 aliphatic rings. The first-order valence-corrected chi connectivity index (χ1v) is 5.91. The van der Waals surface area contributed by atoms with Gasteiger partial charge < -0.3 is 10.3 Å². The van der Waals surface area contributed by atoms with Crippen LogP contribution < -0.4 is 5.73 Å². The molecule has 0 atom stereocenters. The number of aromatic nitrogens is 3. The summed E-state index contributed by atoms with van der Waals surface area (Å²) in [4.78, 5) is 8.25. The maximum Gasteiger partial charge on any atom is 0.258 e. The van der Waals surface area contributed by atoms with Crippen molar-refractivity contribution in [2.75, 3.05) is 5.73 Å². The van der Waals surface area contributed by atoms with Crippen LogP contribution in [0.3, 0.4) is 0 Å². The number of nitrogens with zero attached hydrogens (tertiary/aromatic N) is 3. The van der Waals surface area contributed by atoms with Crippen LogP contribution in [0.2, 0.25) is 5.02 Å². The minimum absolute atomic E-state index is 0.376. The third-order valence-corrected chi connectivity index (χ3v) is 2.75. The first-order valence-electron chi connectivity index (χ1n) is 5.53. The summed E-state index contributed by atoms with van der Waals surface area (Å²) in [6.45, 7) is 0. The average molecular weight is 273 g/mol. The molecular formula is C13H9ClN4O. The van der Waals surface area contributed by atoms with E-state index >= 15 is 0 Å². The van der Waals surface area contributed by atoms with Crippen molar-refractivity contribution in [3.8, 4) is 22.8 Å². The lowest BCUT2D eigenvalue weighted by atomic mass is 10.2. The zero-order chi connectivity index (χ0) is 13.2. The molecule has 0 saturated heterocycles. The molecule has 0 saturated carbocycles. The number of rotatable bonds is 2. The third-order valence-electron chi connectivity index (χ3n) is 2.53. The Bertz CT molecular complexity index is 691. The molecule has 3 rings (SSSR count). The SMILES string of the molecule is Nc1cc(Cl)cc(-c2nc(-c3ccncc3)no2)c1. The Labute approximate surface area is 114 Å². The Hall–Kier alpha value is -2.40. The molecule has 0 fully saturated rings. The van der Waals surface area contributed by atoms with E-state index in [1.54, 1.807) is 42.7 Å². The Balaban J connectivity index is 2.02. The number of benzene rings is 1. The van der Waals surface area contributed by atoms with E-state index in [2.05, 4.69) is 15.1 Å². The Morgan fingerprint density at radius 3 is 2.58 bits per heavy atom. The van der Waals surface area contributed by atoms with E-state index in [-0.39, 0.29) is 0 Å². The number of hydrogen-bond acceptors (Lipinski definition) is 5. The highest BCUT2D eigenvalue weighted by Crippen LogP contribution is 2.26. The van der Waals surface area contributed by atoms with E-state index in [0.717, 1.165) is 5.56 Å². The van der Waals surface area contributed by atoms with E-state index in [4.69, 9.17) is 21.9 Å². The second kappa shape index (κ2) is 4.70. The lowest BCUT2D eigenvalue weighted by Gasteiger charge is -1.98. The Morgan fingerprint density at radius 2 is 1.84 bits per heavy atom. The molecule has 0 bridgehead atoms. The average Bonchev–Trinajstić information content (AvgIpc) is 2.88. The van der Waals surface area contributed by atoms with Crippen molar-refractivity contribution < 1.29 is 4.52 Å². The summed E-state index contributed by atoms with van der Waals surface area (Å²) >= 11 is 5.95. The second-order valence-electron chi connectivity index (χ2n) is 3.93. The minimum atomic E-state index is 0.376. The van der Waals surface area contributed by atoms with Crippen LogP contribution in [0.4, 0.5) is 5.69 Å². The minimum Gasteiger partial charge on any atom is -0.399 e. The normalized spacial score (nSPS) is 10.6. The second-order valence-corrected chi connectivity index (χ2v) is 4.37. The fraction of sp³-hybridized carbons (Fsp3) is 0. The van der Waals surface area contributed by atoms with Crippen molar-refractivity contribution in [1.82, 2.24) is 15.1 Å². The van der Waals surface area contributed by atoms with Gasteiger partial charge in [-0.15, -0.1) is 0 Å². The lowest BCUT2D eigenvalue weighted by Crippen LogP contribution is -1.86. The zero-order valence-corrected chi connectivity index (χ0v) is 10.5. The molecule has 2 N–H and O–H groups in total. The molecule has 5 nitrogen and oxygen atoms in total. The number of halogens is 1. The summed E-state index contributed by atoms with van der Waals surface area (Å²) in [5.74, 6) is 0.872. The molecule has 6 heteroatoms. The predicted octanol–water partition coefficient (Wildman–Crippen LogP) is 3.03. The summed E-state index contributed by atoms with van der Waals surface area (Å²) in [6.07, 6.45) is 3.34. The van der Waals surface area contributed by atoms with Gasteiger partial charge >= 0.3 is 0 Å². The molecule has 0 spiro atoms. The van der Waals surface area contributed by atoms with Crippen LogP contribution in [0.5, 0.6) is 0 Å². The highest BCUT2D eigenvalue weighted by molar-refractivity contribution is 6.31. The fourth-order valence-corrected chi connectivity index (χ4v) is 1.94. The van der Waals surface area contributed by atoms with Crippen LogP contribution in [0.25, 0.3) is 22.8 Å². The fourth-order valence-electron chi connectivity index (χ4n) is 1.69. The largest absolute Gasteiger partial charge is 0.399 e. The molecule has 2 aromatic heterocycles. The molecule has 2 heterocycles. The first-order chi connectivity index (χ1) is 9.22. The topological polar surface area (TPSA) is 77.8 Å². The van der Waals surface area contributed by atoms with Crippen LogP contribution in [-0.2, 0) is 0 Å². The lowest BCUT2D eigenvalue weighted by molar-refractivity contribution is 0.432. The zero-order valence-electron chi connectivity index (χ0n) is 9.75. The maximum atomic E-state index is 5.95. The van der Waals surface area contributed by atoms with Crippen LogP contribution in [0.1, 0.15) is 0 Å². The van der Waals surface area contributed by atoms with Gasteiger partial charge in [0, 0.05) is 34.2 Å². The molecule has 0 aliphatic carbocycles. The molecular weight excluding hydrogens is 264 g/mol. The van der Waals surface area contributed by atoms with E-state index in [1.807, 2.05) is 0 Å². The molecule has 0 radical (unpaired) electrons. The molecule has 0 aliphatic heterocycles. The van der Waals surface area contributed by atoms with Crippen molar-refractivity contribution in [1.29, 1.82) is 0 Å². The van der Waals surface area contributed by atoms with Gasteiger partial charge in [-0.05, 0) is 30.3 Å². The summed E-state index contributed by atoms with van der Waals surface area (Å²) < 4.78 is 5.22. The Kier molecular flexibility index (Phi) is 2.89. The van der Waals surface area contributed by atoms with E-state index in [1.165, 1.54) is 0 Å². The smallest absolute Gasteiger partial charge is 0.258 e. The summed E-state index contributed by atoms with van der Waals surface area (Å²) in [5, 5.41) is 4.45. The monoisotopic (exact) mass is 272 g/mol. The van der Waals surface area contributed by atoms with Crippen molar-refractivity contribution >= 4 is 17.3 Å². The highest BCUT2D eigenvalue weighted by atomic mass is 35.5. The molecule has 3 aromatic rings. The van der Waals surface area contributed by atoms with Gasteiger partial charge in [-0.1, -0.05) is 16.8 Å². The molecule has 19 heavy (non-hydrogen) atoms. The van der Waals surface area contributed by atoms with Crippen molar-refractivity contribution in [3.63, 3.8) is 0 Å². The van der Waals surface area contributed by atoms with Gasteiger partial charge in [0.1, 0.15) is 0 Å². The summed E-state index contributed by atoms with van der Waals surface area (Å²) in [6, 6.07) is 8.73. The van der Waals surface area contributed by atoms with Crippen LogP contribution in [0, 0.1) is 0 Å². The van der Waals surface area contributed by atoms with Gasteiger partial charge in [0.05, 0.1) is 0 Å².